The fraction of sp³-hybridized carbons (Fsp3) is 0.625. The van der Waals surface area contributed by atoms with E-state index >= 15 is 0 Å². The number of benzene rings is 1. The van der Waals surface area contributed by atoms with Crippen molar-refractivity contribution in [2.24, 2.45) is 11.8 Å². The van der Waals surface area contributed by atoms with Crippen LogP contribution in [0.4, 0.5) is 0 Å². The van der Waals surface area contributed by atoms with Crippen LogP contribution in [0.3, 0.4) is 0 Å². The van der Waals surface area contributed by atoms with Crippen molar-refractivity contribution >= 4 is 0 Å². The Morgan fingerprint density at radius 2 is 2.06 bits per heavy atom. The first-order valence-corrected chi connectivity index (χ1v) is 6.94. The molecular weight excluding hydrogens is 206 g/mol. The lowest BCUT2D eigenvalue weighted by atomic mass is 9.76. The first-order chi connectivity index (χ1) is 8.18. The van der Waals surface area contributed by atoms with Crippen molar-refractivity contribution in [2.75, 3.05) is 13.1 Å². The van der Waals surface area contributed by atoms with Gasteiger partial charge in [-0.1, -0.05) is 38.1 Å². The lowest BCUT2D eigenvalue weighted by molar-refractivity contribution is 0.279. The molecule has 94 valence electrons. The molecule has 2 atom stereocenters. The van der Waals surface area contributed by atoms with Gasteiger partial charge in [0.15, 0.2) is 0 Å². The van der Waals surface area contributed by atoms with Gasteiger partial charge in [-0.05, 0) is 61.7 Å². The van der Waals surface area contributed by atoms with E-state index in [1.165, 1.54) is 31.5 Å². The summed E-state index contributed by atoms with van der Waals surface area (Å²) in [6.07, 6.45) is 2.63. The number of hydrogen-bond acceptors (Lipinski definition) is 1. The first kappa shape index (κ1) is 12.6. The van der Waals surface area contributed by atoms with Gasteiger partial charge in [0.1, 0.15) is 0 Å². The Labute approximate surface area is 106 Å². The molecule has 1 fully saturated rings. The maximum absolute atomic E-state index is 3.56. The van der Waals surface area contributed by atoms with Gasteiger partial charge in [0.2, 0.25) is 0 Å². The van der Waals surface area contributed by atoms with Crippen molar-refractivity contribution in [3.8, 4) is 0 Å². The van der Waals surface area contributed by atoms with Crippen molar-refractivity contribution in [2.45, 2.75) is 39.5 Å². The maximum Gasteiger partial charge on any atom is -0.00146 e. The lowest BCUT2D eigenvalue weighted by Crippen LogP contribution is -2.36. The summed E-state index contributed by atoms with van der Waals surface area (Å²) in [5.41, 5.74) is 3.05. The van der Waals surface area contributed by atoms with Crippen molar-refractivity contribution in [3.63, 3.8) is 0 Å². The van der Waals surface area contributed by atoms with Gasteiger partial charge in [-0.15, -0.1) is 0 Å². The van der Waals surface area contributed by atoms with Crippen LogP contribution >= 0.6 is 0 Å². The molecule has 1 saturated heterocycles. The molecule has 1 heterocycles. The summed E-state index contributed by atoms with van der Waals surface area (Å²) in [5.74, 6) is 2.37. The van der Waals surface area contributed by atoms with E-state index in [9.17, 15) is 0 Å². The molecule has 0 aliphatic carbocycles. The molecule has 0 radical (unpaired) electrons. The van der Waals surface area contributed by atoms with E-state index in [1.807, 2.05) is 0 Å². The molecule has 1 aliphatic rings. The fourth-order valence-corrected chi connectivity index (χ4v) is 3.19. The molecular formula is C16H25N. The van der Waals surface area contributed by atoms with E-state index in [0.29, 0.717) is 0 Å². The average molecular weight is 231 g/mol. The smallest absolute Gasteiger partial charge is 0.00146 e. The molecule has 1 aromatic carbocycles. The van der Waals surface area contributed by atoms with E-state index in [4.69, 9.17) is 0 Å². The molecule has 0 aromatic heterocycles. The minimum absolute atomic E-state index is 0.764. The molecule has 1 nitrogen and oxygen atoms in total. The van der Waals surface area contributed by atoms with Gasteiger partial charge in [-0.25, -0.2) is 0 Å². The SMILES string of the molecule is Cc1ccccc1C1CCNCC1CC(C)C. The van der Waals surface area contributed by atoms with Crippen LogP contribution in [0.15, 0.2) is 24.3 Å². The normalized spacial score (nSPS) is 25.2. The highest BCUT2D eigenvalue weighted by molar-refractivity contribution is 5.30. The van der Waals surface area contributed by atoms with Gasteiger partial charge in [-0.2, -0.15) is 0 Å². The number of rotatable bonds is 3. The summed E-state index contributed by atoms with van der Waals surface area (Å²) in [6, 6.07) is 8.93. The Balaban J connectivity index is 2.19. The predicted molar refractivity (Wildman–Crippen MR) is 74.4 cm³/mol. The summed E-state index contributed by atoms with van der Waals surface area (Å²) < 4.78 is 0. The third-order valence-corrected chi connectivity index (χ3v) is 3.97. The highest BCUT2D eigenvalue weighted by atomic mass is 14.9. The quantitative estimate of drug-likeness (QED) is 0.835. The zero-order valence-corrected chi connectivity index (χ0v) is 11.4. The molecule has 0 saturated carbocycles. The number of piperidine rings is 1. The molecule has 0 amide bonds. The summed E-state index contributed by atoms with van der Waals surface area (Å²) >= 11 is 0. The monoisotopic (exact) mass is 231 g/mol. The van der Waals surface area contributed by atoms with Crippen LogP contribution in [0.5, 0.6) is 0 Å². The van der Waals surface area contributed by atoms with E-state index < -0.39 is 0 Å². The molecule has 0 bridgehead atoms. The molecule has 1 heteroatoms. The number of aryl methyl sites for hydroxylation is 1. The van der Waals surface area contributed by atoms with E-state index in [0.717, 1.165) is 17.8 Å². The second kappa shape index (κ2) is 5.68. The van der Waals surface area contributed by atoms with E-state index in [2.05, 4.69) is 50.4 Å². The lowest BCUT2D eigenvalue weighted by Gasteiger charge is -2.34. The van der Waals surface area contributed by atoms with Gasteiger partial charge in [0.05, 0.1) is 0 Å². The Hall–Kier alpha value is -0.820. The molecule has 1 aliphatic heterocycles. The van der Waals surface area contributed by atoms with Crippen LogP contribution in [0, 0.1) is 18.8 Å². The Morgan fingerprint density at radius 1 is 1.29 bits per heavy atom. The number of nitrogens with one attached hydrogen (secondary N) is 1. The summed E-state index contributed by atoms with van der Waals surface area (Å²) in [6.45, 7) is 9.29. The van der Waals surface area contributed by atoms with Crippen molar-refractivity contribution in [1.29, 1.82) is 0 Å². The highest BCUT2D eigenvalue weighted by Gasteiger charge is 2.27. The van der Waals surface area contributed by atoms with Crippen LogP contribution in [0.2, 0.25) is 0 Å². The minimum Gasteiger partial charge on any atom is -0.316 e. The Morgan fingerprint density at radius 3 is 2.76 bits per heavy atom. The van der Waals surface area contributed by atoms with E-state index in [1.54, 1.807) is 5.56 Å². The Bertz CT molecular complexity index is 356. The molecule has 2 unspecified atom stereocenters. The molecule has 1 aromatic rings. The van der Waals surface area contributed by atoms with Crippen molar-refractivity contribution < 1.29 is 0 Å². The molecule has 17 heavy (non-hydrogen) atoms. The fourth-order valence-electron chi connectivity index (χ4n) is 3.19. The molecule has 2 rings (SSSR count). The third kappa shape index (κ3) is 3.10. The van der Waals surface area contributed by atoms with Crippen LogP contribution < -0.4 is 5.32 Å². The average Bonchev–Trinajstić information content (AvgIpc) is 2.30. The van der Waals surface area contributed by atoms with Crippen molar-refractivity contribution in [3.05, 3.63) is 35.4 Å². The van der Waals surface area contributed by atoms with Crippen LogP contribution in [0.25, 0.3) is 0 Å². The zero-order chi connectivity index (χ0) is 12.3. The minimum atomic E-state index is 0.764. The largest absolute Gasteiger partial charge is 0.316 e. The van der Waals surface area contributed by atoms with Crippen molar-refractivity contribution in [1.82, 2.24) is 5.32 Å². The third-order valence-electron chi connectivity index (χ3n) is 3.97. The second-order valence-corrected chi connectivity index (χ2v) is 5.85. The summed E-state index contributed by atoms with van der Waals surface area (Å²) in [5, 5.41) is 3.56. The first-order valence-electron chi connectivity index (χ1n) is 6.94. The second-order valence-electron chi connectivity index (χ2n) is 5.85. The maximum atomic E-state index is 3.56. The predicted octanol–water partition coefficient (Wildman–Crippen LogP) is 3.73. The van der Waals surface area contributed by atoms with Gasteiger partial charge < -0.3 is 5.32 Å². The van der Waals surface area contributed by atoms with Crippen LogP contribution in [-0.2, 0) is 0 Å². The van der Waals surface area contributed by atoms with Gasteiger partial charge in [-0.3, -0.25) is 0 Å². The van der Waals surface area contributed by atoms with E-state index in [-0.39, 0.29) is 0 Å². The summed E-state index contributed by atoms with van der Waals surface area (Å²) in [7, 11) is 0. The molecule has 1 N–H and O–H groups in total. The van der Waals surface area contributed by atoms with Crippen LogP contribution in [-0.4, -0.2) is 13.1 Å². The standard InChI is InChI=1S/C16H25N/c1-12(2)10-14-11-17-9-8-16(14)15-7-5-4-6-13(15)3/h4-7,12,14,16-17H,8-11H2,1-3H3. The number of hydrogen-bond donors (Lipinski definition) is 1. The van der Waals surface area contributed by atoms with Gasteiger partial charge in [0.25, 0.3) is 0 Å². The summed E-state index contributed by atoms with van der Waals surface area (Å²) in [4.78, 5) is 0. The van der Waals surface area contributed by atoms with Crippen LogP contribution in [0.1, 0.15) is 43.7 Å². The van der Waals surface area contributed by atoms with Gasteiger partial charge >= 0.3 is 0 Å². The Kier molecular flexibility index (Phi) is 4.22. The topological polar surface area (TPSA) is 12.0 Å². The molecule has 0 spiro atoms. The highest BCUT2D eigenvalue weighted by Crippen LogP contribution is 2.35. The van der Waals surface area contributed by atoms with Gasteiger partial charge in [0, 0.05) is 0 Å². The zero-order valence-electron chi connectivity index (χ0n) is 11.4.